The van der Waals surface area contributed by atoms with Gasteiger partial charge >= 0.3 is 0 Å². The highest BCUT2D eigenvalue weighted by atomic mass is 16.2. The maximum absolute atomic E-state index is 11.9. The molecule has 0 saturated carbocycles. The van der Waals surface area contributed by atoms with Crippen LogP contribution in [-0.2, 0) is 17.9 Å². The topological polar surface area (TPSA) is 68.9 Å². The summed E-state index contributed by atoms with van der Waals surface area (Å²) in [6.45, 7) is 4.82. The van der Waals surface area contributed by atoms with Gasteiger partial charge in [-0.05, 0) is 19.4 Å². The quantitative estimate of drug-likeness (QED) is 0.896. The minimum atomic E-state index is -0.264. The number of carbonyl (C=O) groups excluding carboxylic acids is 1. The monoisotopic (exact) mass is 274 g/mol. The third kappa shape index (κ3) is 3.34. The maximum Gasteiger partial charge on any atom is 0.250 e. The number of amides is 1. The van der Waals surface area contributed by atoms with E-state index in [9.17, 15) is 9.59 Å². The van der Waals surface area contributed by atoms with Gasteiger partial charge in [0, 0.05) is 30.6 Å². The number of hydrogen-bond donors (Lipinski definition) is 1. The van der Waals surface area contributed by atoms with Crippen molar-refractivity contribution in [3.05, 3.63) is 46.5 Å². The number of nitrogens with one attached hydrogen (secondary N) is 1. The Hall–Kier alpha value is -2.37. The Morgan fingerprint density at radius 1 is 1.40 bits per heavy atom. The molecule has 2 aromatic rings. The van der Waals surface area contributed by atoms with Crippen LogP contribution in [0.25, 0.3) is 0 Å². The second-order valence-electron chi connectivity index (χ2n) is 4.61. The van der Waals surface area contributed by atoms with E-state index in [1.165, 1.54) is 10.6 Å². The predicted molar refractivity (Wildman–Crippen MR) is 76.6 cm³/mol. The van der Waals surface area contributed by atoms with Gasteiger partial charge in [-0.2, -0.15) is 5.10 Å². The van der Waals surface area contributed by atoms with E-state index in [1.54, 1.807) is 18.3 Å². The molecule has 106 valence electrons. The fraction of sp³-hybridized carbons (Fsp3) is 0.357. The first-order valence-electron chi connectivity index (χ1n) is 6.60. The molecule has 2 heterocycles. The summed E-state index contributed by atoms with van der Waals surface area (Å²) >= 11 is 0. The molecule has 2 aromatic heterocycles. The zero-order valence-corrected chi connectivity index (χ0v) is 11.7. The van der Waals surface area contributed by atoms with Gasteiger partial charge in [-0.1, -0.05) is 13.0 Å². The highest BCUT2D eigenvalue weighted by Gasteiger charge is 2.08. The van der Waals surface area contributed by atoms with Crippen molar-refractivity contribution in [3.8, 4) is 0 Å². The van der Waals surface area contributed by atoms with Gasteiger partial charge in [0.1, 0.15) is 6.54 Å². The summed E-state index contributed by atoms with van der Waals surface area (Å²) in [5, 5.41) is 7.01. The SMILES string of the molecule is CCCn1nc(NC(=O)Cn2ccccc2=O)cc1C. The molecule has 0 aromatic carbocycles. The smallest absolute Gasteiger partial charge is 0.250 e. The van der Waals surface area contributed by atoms with E-state index in [0.717, 1.165) is 18.7 Å². The van der Waals surface area contributed by atoms with Crippen molar-refractivity contribution in [3.63, 3.8) is 0 Å². The summed E-state index contributed by atoms with van der Waals surface area (Å²) < 4.78 is 3.20. The Labute approximate surface area is 117 Å². The number of aryl methyl sites for hydroxylation is 2. The van der Waals surface area contributed by atoms with Crippen molar-refractivity contribution in [1.29, 1.82) is 0 Å². The van der Waals surface area contributed by atoms with Gasteiger partial charge in [0.25, 0.3) is 5.56 Å². The maximum atomic E-state index is 11.9. The molecule has 0 spiro atoms. The van der Waals surface area contributed by atoms with E-state index in [2.05, 4.69) is 17.3 Å². The van der Waals surface area contributed by atoms with E-state index in [4.69, 9.17) is 0 Å². The third-order valence-corrected chi connectivity index (χ3v) is 2.90. The molecule has 0 radical (unpaired) electrons. The van der Waals surface area contributed by atoms with Gasteiger partial charge in [0.2, 0.25) is 5.91 Å². The van der Waals surface area contributed by atoms with Gasteiger partial charge in [-0.15, -0.1) is 0 Å². The zero-order chi connectivity index (χ0) is 14.5. The number of anilines is 1. The Morgan fingerprint density at radius 2 is 2.20 bits per heavy atom. The first kappa shape index (κ1) is 14.0. The van der Waals surface area contributed by atoms with E-state index in [1.807, 2.05) is 17.7 Å². The van der Waals surface area contributed by atoms with Gasteiger partial charge in [0.05, 0.1) is 0 Å². The largest absolute Gasteiger partial charge is 0.308 e. The number of rotatable bonds is 5. The second-order valence-corrected chi connectivity index (χ2v) is 4.61. The van der Waals surface area contributed by atoms with Crippen LogP contribution in [-0.4, -0.2) is 20.3 Å². The fourth-order valence-corrected chi connectivity index (χ4v) is 1.94. The average Bonchev–Trinajstić information content (AvgIpc) is 2.73. The highest BCUT2D eigenvalue weighted by Crippen LogP contribution is 2.09. The summed E-state index contributed by atoms with van der Waals surface area (Å²) in [7, 11) is 0. The minimum Gasteiger partial charge on any atom is -0.308 e. The minimum absolute atomic E-state index is 0.0145. The van der Waals surface area contributed by atoms with E-state index < -0.39 is 0 Å². The molecular formula is C14H18N4O2. The molecule has 6 heteroatoms. The molecule has 0 aliphatic carbocycles. The molecule has 6 nitrogen and oxygen atoms in total. The summed E-state index contributed by atoms with van der Waals surface area (Å²) in [6, 6.07) is 6.61. The Morgan fingerprint density at radius 3 is 2.90 bits per heavy atom. The lowest BCUT2D eigenvalue weighted by Crippen LogP contribution is -2.26. The van der Waals surface area contributed by atoms with Crippen LogP contribution in [0.2, 0.25) is 0 Å². The molecule has 0 aliphatic heterocycles. The Kier molecular flexibility index (Phi) is 4.34. The molecule has 20 heavy (non-hydrogen) atoms. The summed E-state index contributed by atoms with van der Waals surface area (Å²) in [5.41, 5.74) is 0.800. The van der Waals surface area contributed by atoms with E-state index in [0.29, 0.717) is 5.82 Å². The molecule has 0 unspecified atom stereocenters. The zero-order valence-electron chi connectivity index (χ0n) is 11.7. The molecule has 1 N–H and O–H groups in total. The standard InChI is InChI=1S/C14H18N4O2/c1-3-7-18-11(2)9-12(16-18)15-13(19)10-17-8-5-4-6-14(17)20/h4-6,8-9H,3,7,10H2,1-2H3,(H,15,16,19). The lowest BCUT2D eigenvalue weighted by atomic mass is 10.4. The molecule has 0 bridgehead atoms. The number of carbonyl (C=O) groups is 1. The number of aromatic nitrogens is 3. The van der Waals surface area contributed by atoms with Crippen LogP contribution in [0, 0.1) is 6.92 Å². The lowest BCUT2D eigenvalue weighted by molar-refractivity contribution is -0.116. The van der Waals surface area contributed by atoms with Crippen LogP contribution >= 0.6 is 0 Å². The summed E-state index contributed by atoms with van der Waals surface area (Å²) in [4.78, 5) is 23.4. The third-order valence-electron chi connectivity index (χ3n) is 2.90. The van der Waals surface area contributed by atoms with Crippen molar-refractivity contribution >= 4 is 11.7 Å². The lowest BCUT2D eigenvalue weighted by Gasteiger charge is -2.04. The van der Waals surface area contributed by atoms with Crippen molar-refractivity contribution in [2.24, 2.45) is 0 Å². The molecule has 1 amide bonds. The van der Waals surface area contributed by atoms with Crippen LogP contribution in [0.1, 0.15) is 19.0 Å². The number of nitrogens with zero attached hydrogens (tertiary/aromatic N) is 3. The summed E-state index contributed by atoms with van der Waals surface area (Å²) in [5.74, 6) is 0.254. The van der Waals surface area contributed by atoms with Crippen molar-refractivity contribution < 1.29 is 4.79 Å². The van der Waals surface area contributed by atoms with Gasteiger partial charge in [0.15, 0.2) is 5.82 Å². The summed E-state index contributed by atoms with van der Waals surface area (Å²) in [6.07, 6.45) is 2.57. The normalized spacial score (nSPS) is 10.5. The molecule has 0 saturated heterocycles. The highest BCUT2D eigenvalue weighted by molar-refractivity contribution is 5.89. The molecule has 2 rings (SSSR count). The van der Waals surface area contributed by atoms with Gasteiger partial charge < -0.3 is 9.88 Å². The molecule has 0 fully saturated rings. The first-order chi connectivity index (χ1) is 9.60. The van der Waals surface area contributed by atoms with E-state index >= 15 is 0 Å². The van der Waals surface area contributed by atoms with Crippen molar-refractivity contribution in [2.75, 3.05) is 5.32 Å². The van der Waals surface area contributed by atoms with Crippen LogP contribution < -0.4 is 10.9 Å². The van der Waals surface area contributed by atoms with Crippen LogP contribution in [0.15, 0.2) is 35.3 Å². The molecular weight excluding hydrogens is 256 g/mol. The van der Waals surface area contributed by atoms with Crippen molar-refractivity contribution in [1.82, 2.24) is 14.3 Å². The van der Waals surface area contributed by atoms with Gasteiger partial charge in [-0.3, -0.25) is 14.3 Å². The Balaban J connectivity index is 2.03. The first-order valence-corrected chi connectivity index (χ1v) is 6.60. The number of pyridine rings is 1. The predicted octanol–water partition coefficient (Wildman–Crippen LogP) is 1.40. The van der Waals surface area contributed by atoms with Crippen LogP contribution in [0.3, 0.4) is 0 Å². The molecule has 0 aliphatic rings. The second kappa shape index (κ2) is 6.18. The molecule has 0 atom stereocenters. The van der Waals surface area contributed by atoms with Crippen molar-refractivity contribution in [2.45, 2.75) is 33.4 Å². The van der Waals surface area contributed by atoms with Crippen LogP contribution in [0.4, 0.5) is 5.82 Å². The average molecular weight is 274 g/mol. The fourth-order valence-electron chi connectivity index (χ4n) is 1.94. The van der Waals surface area contributed by atoms with Gasteiger partial charge in [-0.25, -0.2) is 0 Å². The van der Waals surface area contributed by atoms with Crippen LogP contribution in [0.5, 0.6) is 0 Å². The Bertz CT molecular complexity index is 657. The van der Waals surface area contributed by atoms with E-state index in [-0.39, 0.29) is 18.0 Å². The number of hydrogen-bond acceptors (Lipinski definition) is 3.